The van der Waals surface area contributed by atoms with Crippen LogP contribution in [0.25, 0.3) is 0 Å². The summed E-state index contributed by atoms with van der Waals surface area (Å²) in [5.74, 6) is 2.01. The summed E-state index contributed by atoms with van der Waals surface area (Å²) >= 11 is 0. The van der Waals surface area contributed by atoms with E-state index in [9.17, 15) is 4.79 Å². The lowest BCUT2D eigenvalue weighted by Crippen LogP contribution is -2.51. The third-order valence-corrected chi connectivity index (χ3v) is 5.06. The van der Waals surface area contributed by atoms with Gasteiger partial charge in [-0.3, -0.25) is 9.69 Å². The maximum absolute atomic E-state index is 12.0. The van der Waals surface area contributed by atoms with Crippen LogP contribution < -0.4 is 9.47 Å². The number of hydrogen-bond acceptors (Lipinski definition) is 4. The molecule has 3 aliphatic rings. The van der Waals surface area contributed by atoms with Crippen molar-refractivity contribution >= 4 is 5.91 Å². The van der Waals surface area contributed by atoms with Crippen LogP contribution in [0.3, 0.4) is 0 Å². The summed E-state index contributed by atoms with van der Waals surface area (Å²) in [6, 6.07) is 8.23. The minimum absolute atomic E-state index is 0.0675. The Morgan fingerprint density at radius 3 is 2.83 bits per heavy atom. The first kappa shape index (κ1) is 14.8. The summed E-state index contributed by atoms with van der Waals surface area (Å²) in [6.45, 7) is 4.45. The van der Waals surface area contributed by atoms with Gasteiger partial charge in [0, 0.05) is 32.1 Å². The molecule has 0 aliphatic carbocycles. The minimum atomic E-state index is 0.0675. The number of amides is 1. The van der Waals surface area contributed by atoms with Gasteiger partial charge in [-0.2, -0.15) is 0 Å². The van der Waals surface area contributed by atoms with Gasteiger partial charge < -0.3 is 14.4 Å². The minimum Gasteiger partial charge on any atom is -0.486 e. The van der Waals surface area contributed by atoms with E-state index in [1.807, 2.05) is 24.3 Å². The van der Waals surface area contributed by atoms with Crippen molar-refractivity contribution < 1.29 is 14.3 Å². The number of hydrogen-bond donors (Lipinski definition) is 0. The van der Waals surface area contributed by atoms with Crippen molar-refractivity contribution in [1.82, 2.24) is 9.80 Å². The second kappa shape index (κ2) is 6.40. The molecule has 0 unspecified atom stereocenters. The molecule has 1 amide bonds. The largest absolute Gasteiger partial charge is 0.486 e. The predicted octanol–water partition coefficient (Wildman–Crippen LogP) is 1.91. The number of para-hydroxylation sites is 2. The fourth-order valence-corrected chi connectivity index (χ4v) is 3.95. The molecule has 1 aromatic rings. The summed E-state index contributed by atoms with van der Waals surface area (Å²) in [5, 5.41) is 0. The second-order valence-corrected chi connectivity index (χ2v) is 6.74. The van der Waals surface area contributed by atoms with Crippen LogP contribution in [0.5, 0.6) is 11.5 Å². The Morgan fingerprint density at radius 2 is 2.00 bits per heavy atom. The van der Waals surface area contributed by atoms with Gasteiger partial charge in [0.25, 0.3) is 0 Å². The van der Waals surface area contributed by atoms with Crippen molar-refractivity contribution in [2.45, 2.75) is 37.8 Å². The molecule has 1 aromatic carbocycles. The van der Waals surface area contributed by atoms with Crippen LogP contribution in [0.1, 0.15) is 25.7 Å². The molecule has 5 heteroatoms. The number of nitrogens with zero attached hydrogens (tertiary/aromatic N) is 2. The number of likely N-dealkylation sites (tertiary alicyclic amines) is 2. The normalized spacial score (nSPS) is 28.2. The Balaban J connectivity index is 1.35. The summed E-state index contributed by atoms with van der Waals surface area (Å²) in [7, 11) is 0. The van der Waals surface area contributed by atoms with E-state index < -0.39 is 0 Å². The van der Waals surface area contributed by atoms with Crippen molar-refractivity contribution in [2.75, 3.05) is 32.8 Å². The maximum atomic E-state index is 12.0. The number of rotatable bonds is 3. The quantitative estimate of drug-likeness (QED) is 0.854. The molecular weight excluding hydrogens is 292 g/mol. The first-order chi connectivity index (χ1) is 11.3. The molecule has 4 rings (SSSR count). The Bertz CT molecular complexity index is 577. The lowest BCUT2D eigenvalue weighted by Gasteiger charge is -2.39. The van der Waals surface area contributed by atoms with Gasteiger partial charge in [-0.05, 0) is 37.9 Å². The van der Waals surface area contributed by atoms with Crippen molar-refractivity contribution in [2.24, 2.45) is 0 Å². The van der Waals surface area contributed by atoms with Gasteiger partial charge in [0.15, 0.2) is 11.5 Å². The highest BCUT2D eigenvalue weighted by Crippen LogP contribution is 2.31. The number of carbonyl (C=O) groups is 1. The molecule has 0 aromatic heterocycles. The molecular formula is C18H24N2O3. The number of benzene rings is 1. The Kier molecular flexibility index (Phi) is 4.12. The van der Waals surface area contributed by atoms with Gasteiger partial charge in [0.2, 0.25) is 5.91 Å². The molecule has 0 saturated carbocycles. The zero-order chi connectivity index (χ0) is 15.6. The van der Waals surface area contributed by atoms with Crippen LogP contribution in [0.2, 0.25) is 0 Å². The Morgan fingerprint density at radius 1 is 1.13 bits per heavy atom. The highest BCUT2D eigenvalue weighted by atomic mass is 16.6. The standard InChI is InChI=1S/C18H24N2O3/c21-18-8-4-10-20(18)14-5-3-9-19(11-14)12-15-13-22-16-6-1-2-7-17(16)23-15/h1-2,6-7,14-15H,3-5,8-13H2/t14-,15-/m0/s1. The van der Waals surface area contributed by atoms with Crippen LogP contribution in [0.4, 0.5) is 0 Å². The lowest BCUT2D eigenvalue weighted by molar-refractivity contribution is -0.130. The van der Waals surface area contributed by atoms with Crippen LogP contribution in [-0.2, 0) is 4.79 Å². The van der Waals surface area contributed by atoms with Gasteiger partial charge >= 0.3 is 0 Å². The van der Waals surface area contributed by atoms with E-state index in [1.54, 1.807) is 0 Å². The van der Waals surface area contributed by atoms with Crippen LogP contribution >= 0.6 is 0 Å². The third-order valence-electron chi connectivity index (χ3n) is 5.06. The molecule has 2 fully saturated rings. The average Bonchev–Trinajstić information content (AvgIpc) is 3.01. The molecule has 0 N–H and O–H groups in total. The summed E-state index contributed by atoms with van der Waals surface area (Å²) in [6.07, 6.45) is 4.10. The third kappa shape index (κ3) is 3.15. The van der Waals surface area contributed by atoms with Crippen molar-refractivity contribution in [3.8, 4) is 11.5 Å². The molecule has 2 saturated heterocycles. The molecule has 23 heavy (non-hydrogen) atoms. The highest BCUT2D eigenvalue weighted by molar-refractivity contribution is 5.78. The summed E-state index contributed by atoms with van der Waals surface area (Å²) < 4.78 is 11.9. The fraction of sp³-hybridized carbons (Fsp3) is 0.611. The zero-order valence-electron chi connectivity index (χ0n) is 13.4. The van der Waals surface area contributed by atoms with Crippen LogP contribution in [0, 0.1) is 0 Å². The molecule has 3 heterocycles. The summed E-state index contributed by atoms with van der Waals surface area (Å²) in [5.41, 5.74) is 0. The van der Waals surface area contributed by atoms with Gasteiger partial charge in [-0.15, -0.1) is 0 Å². The molecule has 0 radical (unpaired) electrons. The molecule has 0 spiro atoms. The first-order valence-electron chi connectivity index (χ1n) is 8.70. The number of fused-ring (bicyclic) bond motifs is 1. The predicted molar refractivity (Wildman–Crippen MR) is 86.8 cm³/mol. The van der Waals surface area contributed by atoms with Crippen molar-refractivity contribution in [3.63, 3.8) is 0 Å². The van der Waals surface area contributed by atoms with Gasteiger partial charge in [-0.1, -0.05) is 12.1 Å². The van der Waals surface area contributed by atoms with Crippen LogP contribution in [-0.4, -0.2) is 60.6 Å². The molecule has 2 atom stereocenters. The number of carbonyl (C=O) groups excluding carboxylic acids is 1. The fourth-order valence-electron chi connectivity index (χ4n) is 3.95. The van der Waals surface area contributed by atoms with E-state index in [0.29, 0.717) is 18.6 Å². The average molecular weight is 316 g/mol. The van der Waals surface area contributed by atoms with E-state index in [1.165, 1.54) is 0 Å². The van der Waals surface area contributed by atoms with E-state index >= 15 is 0 Å². The lowest BCUT2D eigenvalue weighted by atomic mass is 10.0. The zero-order valence-corrected chi connectivity index (χ0v) is 13.4. The summed E-state index contributed by atoms with van der Waals surface area (Å²) in [4.78, 5) is 16.5. The topological polar surface area (TPSA) is 42.0 Å². The molecule has 5 nitrogen and oxygen atoms in total. The molecule has 3 aliphatic heterocycles. The Labute approximate surface area is 137 Å². The second-order valence-electron chi connectivity index (χ2n) is 6.74. The molecule has 124 valence electrons. The molecule has 0 bridgehead atoms. The van der Waals surface area contributed by atoms with E-state index in [-0.39, 0.29) is 6.10 Å². The van der Waals surface area contributed by atoms with Gasteiger partial charge in [0.1, 0.15) is 12.7 Å². The van der Waals surface area contributed by atoms with Crippen molar-refractivity contribution in [3.05, 3.63) is 24.3 Å². The van der Waals surface area contributed by atoms with E-state index in [0.717, 1.165) is 63.4 Å². The first-order valence-corrected chi connectivity index (χ1v) is 8.70. The SMILES string of the molecule is O=C1CCCN1[C@H]1CCCN(C[C@H]2COc3ccccc3O2)C1. The van der Waals surface area contributed by atoms with E-state index in [2.05, 4.69) is 9.80 Å². The van der Waals surface area contributed by atoms with E-state index in [4.69, 9.17) is 9.47 Å². The monoisotopic (exact) mass is 316 g/mol. The van der Waals surface area contributed by atoms with Gasteiger partial charge in [0.05, 0.1) is 0 Å². The maximum Gasteiger partial charge on any atom is 0.222 e. The van der Waals surface area contributed by atoms with Crippen molar-refractivity contribution in [1.29, 1.82) is 0 Å². The number of ether oxygens (including phenoxy) is 2. The highest BCUT2D eigenvalue weighted by Gasteiger charge is 2.32. The smallest absolute Gasteiger partial charge is 0.222 e. The Hall–Kier alpha value is -1.75. The van der Waals surface area contributed by atoms with Crippen LogP contribution in [0.15, 0.2) is 24.3 Å². The van der Waals surface area contributed by atoms with Gasteiger partial charge in [-0.25, -0.2) is 0 Å². The number of piperidine rings is 1.